The molecule has 1 N–H and O–H groups in total. The van der Waals surface area contributed by atoms with Gasteiger partial charge in [0, 0.05) is 6.54 Å². The normalized spacial score (nSPS) is 13.2. The SMILES string of the molecule is CC[C@@H](Oc1ccc(F)cc1)C(=O)NC[C@@H](C)c1ccccc1. The van der Waals surface area contributed by atoms with Gasteiger partial charge in [0.2, 0.25) is 0 Å². The number of halogens is 1. The number of nitrogens with one attached hydrogen (secondary N) is 1. The third-order valence-corrected chi connectivity index (χ3v) is 3.71. The molecular weight excluding hydrogens is 293 g/mol. The molecule has 2 aromatic rings. The maximum atomic E-state index is 12.9. The van der Waals surface area contributed by atoms with Crippen molar-refractivity contribution in [1.82, 2.24) is 5.32 Å². The third-order valence-electron chi connectivity index (χ3n) is 3.71. The largest absolute Gasteiger partial charge is 0.481 e. The van der Waals surface area contributed by atoms with Crippen LogP contribution in [0.5, 0.6) is 5.75 Å². The highest BCUT2D eigenvalue weighted by molar-refractivity contribution is 5.81. The van der Waals surface area contributed by atoms with Crippen molar-refractivity contribution in [2.24, 2.45) is 0 Å². The zero-order valence-electron chi connectivity index (χ0n) is 13.5. The van der Waals surface area contributed by atoms with E-state index in [2.05, 4.69) is 12.2 Å². The van der Waals surface area contributed by atoms with Crippen molar-refractivity contribution in [1.29, 1.82) is 0 Å². The summed E-state index contributed by atoms with van der Waals surface area (Å²) in [5.41, 5.74) is 1.18. The highest BCUT2D eigenvalue weighted by Gasteiger charge is 2.19. The van der Waals surface area contributed by atoms with Gasteiger partial charge >= 0.3 is 0 Å². The summed E-state index contributed by atoms with van der Waals surface area (Å²) >= 11 is 0. The second-order valence-corrected chi connectivity index (χ2v) is 5.53. The average molecular weight is 315 g/mol. The van der Waals surface area contributed by atoms with E-state index in [1.54, 1.807) is 0 Å². The molecule has 2 rings (SSSR count). The zero-order chi connectivity index (χ0) is 16.7. The lowest BCUT2D eigenvalue weighted by Crippen LogP contribution is -2.39. The molecule has 1 amide bonds. The maximum Gasteiger partial charge on any atom is 0.261 e. The van der Waals surface area contributed by atoms with Gasteiger partial charge in [-0.25, -0.2) is 4.39 Å². The molecule has 0 bridgehead atoms. The van der Waals surface area contributed by atoms with Crippen molar-refractivity contribution in [3.05, 3.63) is 66.0 Å². The Labute approximate surface area is 136 Å². The molecule has 0 unspecified atom stereocenters. The number of hydrogen-bond donors (Lipinski definition) is 1. The summed E-state index contributed by atoms with van der Waals surface area (Å²) in [6.07, 6.45) is -0.0356. The summed E-state index contributed by atoms with van der Waals surface area (Å²) in [5.74, 6) is 0.235. The Morgan fingerprint density at radius 2 is 1.78 bits per heavy atom. The number of hydrogen-bond acceptors (Lipinski definition) is 2. The van der Waals surface area contributed by atoms with Crippen molar-refractivity contribution in [3.63, 3.8) is 0 Å². The fourth-order valence-electron chi connectivity index (χ4n) is 2.27. The van der Waals surface area contributed by atoms with Gasteiger partial charge in [0.05, 0.1) is 0 Å². The molecule has 0 aromatic heterocycles. The number of rotatable bonds is 7. The highest BCUT2D eigenvalue weighted by Crippen LogP contribution is 2.16. The van der Waals surface area contributed by atoms with Crippen LogP contribution in [-0.2, 0) is 4.79 Å². The maximum absolute atomic E-state index is 12.9. The van der Waals surface area contributed by atoms with Gasteiger partial charge in [-0.1, -0.05) is 44.2 Å². The van der Waals surface area contributed by atoms with Crippen LogP contribution in [0.25, 0.3) is 0 Å². The van der Waals surface area contributed by atoms with Gasteiger partial charge in [0.1, 0.15) is 11.6 Å². The standard InChI is InChI=1S/C19H22FNO2/c1-3-18(23-17-11-9-16(20)10-12-17)19(22)21-13-14(2)15-7-5-4-6-8-15/h4-12,14,18H,3,13H2,1-2H3,(H,21,22)/t14-,18-/m1/s1. The van der Waals surface area contributed by atoms with Crippen LogP contribution in [-0.4, -0.2) is 18.6 Å². The first-order valence-electron chi connectivity index (χ1n) is 7.85. The van der Waals surface area contributed by atoms with E-state index in [1.807, 2.05) is 37.3 Å². The highest BCUT2D eigenvalue weighted by atomic mass is 19.1. The Kier molecular flexibility index (Phi) is 6.15. The second-order valence-electron chi connectivity index (χ2n) is 5.53. The van der Waals surface area contributed by atoms with Crippen LogP contribution in [0, 0.1) is 5.82 Å². The van der Waals surface area contributed by atoms with Gasteiger partial charge in [0.25, 0.3) is 5.91 Å². The summed E-state index contributed by atoms with van der Waals surface area (Å²) in [6.45, 7) is 4.50. The summed E-state index contributed by atoms with van der Waals surface area (Å²) in [5, 5.41) is 2.93. The Morgan fingerprint density at radius 1 is 1.13 bits per heavy atom. The third kappa shape index (κ3) is 5.09. The molecule has 0 saturated heterocycles. The molecule has 3 nitrogen and oxygen atoms in total. The topological polar surface area (TPSA) is 38.3 Å². The van der Waals surface area contributed by atoms with Crippen LogP contribution in [0.3, 0.4) is 0 Å². The van der Waals surface area contributed by atoms with E-state index in [0.717, 1.165) is 0 Å². The Morgan fingerprint density at radius 3 is 2.39 bits per heavy atom. The molecule has 4 heteroatoms. The lowest BCUT2D eigenvalue weighted by molar-refractivity contribution is -0.128. The molecule has 0 aliphatic heterocycles. The Bertz CT molecular complexity index is 613. The predicted molar refractivity (Wildman–Crippen MR) is 89.0 cm³/mol. The van der Waals surface area contributed by atoms with E-state index in [-0.39, 0.29) is 17.6 Å². The van der Waals surface area contributed by atoms with Crippen molar-refractivity contribution in [3.8, 4) is 5.75 Å². The van der Waals surface area contributed by atoms with Crippen LogP contribution in [0.15, 0.2) is 54.6 Å². The Hall–Kier alpha value is -2.36. The van der Waals surface area contributed by atoms with Crippen molar-refractivity contribution >= 4 is 5.91 Å². The number of carbonyl (C=O) groups excluding carboxylic acids is 1. The summed E-state index contributed by atoms with van der Waals surface area (Å²) in [7, 11) is 0. The monoisotopic (exact) mass is 315 g/mol. The fourth-order valence-corrected chi connectivity index (χ4v) is 2.27. The summed E-state index contributed by atoms with van der Waals surface area (Å²) in [4.78, 5) is 12.3. The molecule has 0 aliphatic carbocycles. The lowest BCUT2D eigenvalue weighted by atomic mass is 10.0. The first kappa shape index (κ1) is 17.0. The van der Waals surface area contributed by atoms with Gasteiger partial charge in [0.15, 0.2) is 6.10 Å². The van der Waals surface area contributed by atoms with Crippen molar-refractivity contribution < 1.29 is 13.9 Å². The van der Waals surface area contributed by atoms with Crippen molar-refractivity contribution in [2.45, 2.75) is 32.3 Å². The average Bonchev–Trinajstić information content (AvgIpc) is 2.59. The first-order chi connectivity index (χ1) is 11.1. The van der Waals surface area contributed by atoms with E-state index in [9.17, 15) is 9.18 Å². The first-order valence-corrected chi connectivity index (χ1v) is 7.85. The molecule has 0 spiro atoms. The number of amides is 1. The molecule has 0 saturated carbocycles. The van der Waals surface area contributed by atoms with E-state index in [0.29, 0.717) is 18.7 Å². The van der Waals surface area contributed by atoms with E-state index in [1.165, 1.54) is 29.8 Å². The van der Waals surface area contributed by atoms with Crippen LogP contribution < -0.4 is 10.1 Å². The quantitative estimate of drug-likeness (QED) is 0.841. The van der Waals surface area contributed by atoms with E-state index in [4.69, 9.17) is 4.74 Å². The molecule has 0 aliphatic rings. The Balaban J connectivity index is 1.88. The van der Waals surface area contributed by atoms with Crippen LogP contribution in [0.1, 0.15) is 31.7 Å². The number of carbonyl (C=O) groups is 1. The number of ether oxygens (including phenoxy) is 1. The molecule has 2 atom stereocenters. The minimum Gasteiger partial charge on any atom is -0.481 e. The molecule has 0 fully saturated rings. The van der Waals surface area contributed by atoms with Gasteiger partial charge < -0.3 is 10.1 Å². The second kappa shape index (κ2) is 8.32. The van der Waals surface area contributed by atoms with E-state index >= 15 is 0 Å². The lowest BCUT2D eigenvalue weighted by Gasteiger charge is -2.19. The predicted octanol–water partition coefficient (Wildman–Crippen LogP) is 3.90. The minimum atomic E-state index is -0.580. The van der Waals surface area contributed by atoms with Crippen LogP contribution in [0.2, 0.25) is 0 Å². The minimum absolute atomic E-state index is 0.153. The molecule has 0 heterocycles. The fraction of sp³-hybridized carbons (Fsp3) is 0.316. The van der Waals surface area contributed by atoms with E-state index < -0.39 is 6.10 Å². The molecule has 23 heavy (non-hydrogen) atoms. The summed E-state index contributed by atoms with van der Waals surface area (Å²) < 4.78 is 18.5. The van der Waals surface area contributed by atoms with Crippen molar-refractivity contribution in [2.75, 3.05) is 6.54 Å². The van der Waals surface area contributed by atoms with Crippen LogP contribution >= 0.6 is 0 Å². The molecule has 0 radical (unpaired) electrons. The smallest absolute Gasteiger partial charge is 0.261 e. The van der Waals surface area contributed by atoms with Gasteiger partial charge in [-0.2, -0.15) is 0 Å². The van der Waals surface area contributed by atoms with Gasteiger partial charge in [-0.05, 0) is 42.2 Å². The van der Waals surface area contributed by atoms with Crippen LogP contribution in [0.4, 0.5) is 4.39 Å². The molecule has 2 aromatic carbocycles. The molecule has 122 valence electrons. The van der Waals surface area contributed by atoms with Gasteiger partial charge in [-0.3, -0.25) is 4.79 Å². The zero-order valence-corrected chi connectivity index (χ0v) is 13.5. The van der Waals surface area contributed by atoms with Gasteiger partial charge in [-0.15, -0.1) is 0 Å². The summed E-state index contributed by atoms with van der Waals surface area (Å²) in [6, 6.07) is 15.7. The number of benzene rings is 2. The molecular formula is C19H22FNO2.